The molecule has 2 aromatic rings. The second kappa shape index (κ2) is 9.21. The monoisotopic (exact) mass is 365 g/mol. The number of nitrogens with one attached hydrogen (secondary N) is 2. The Balaban J connectivity index is 1.65. The highest BCUT2D eigenvalue weighted by Gasteiger charge is 2.25. The van der Waals surface area contributed by atoms with Gasteiger partial charge in [0, 0.05) is 36.8 Å². The maximum absolute atomic E-state index is 12.6. The molecule has 2 N–H and O–H groups in total. The van der Waals surface area contributed by atoms with Crippen molar-refractivity contribution < 1.29 is 9.59 Å². The van der Waals surface area contributed by atoms with Gasteiger partial charge < -0.3 is 15.5 Å². The van der Waals surface area contributed by atoms with Crippen LogP contribution in [0.3, 0.4) is 0 Å². The van der Waals surface area contributed by atoms with E-state index in [0.717, 1.165) is 37.1 Å². The van der Waals surface area contributed by atoms with Gasteiger partial charge in [0.1, 0.15) is 0 Å². The third kappa shape index (κ3) is 5.09. The molecule has 1 aliphatic heterocycles. The van der Waals surface area contributed by atoms with Gasteiger partial charge in [-0.15, -0.1) is 0 Å². The number of urea groups is 1. The fraction of sp³-hybridized carbons (Fsp3) is 0.364. The molecule has 2 aromatic carbocycles. The number of carbonyl (C=O) groups is 2. The van der Waals surface area contributed by atoms with E-state index in [1.807, 2.05) is 60.4 Å². The number of hydrogen-bond donors (Lipinski definition) is 2. The Bertz CT molecular complexity index is 776. The largest absolute Gasteiger partial charge is 0.352 e. The van der Waals surface area contributed by atoms with Gasteiger partial charge in [-0.3, -0.25) is 4.79 Å². The molecule has 1 heterocycles. The van der Waals surface area contributed by atoms with E-state index in [2.05, 4.69) is 16.7 Å². The highest BCUT2D eigenvalue weighted by Crippen LogP contribution is 2.28. The number of anilines is 1. The van der Waals surface area contributed by atoms with Gasteiger partial charge in [-0.1, -0.05) is 37.3 Å². The van der Waals surface area contributed by atoms with Crippen molar-refractivity contribution in [1.29, 1.82) is 0 Å². The summed E-state index contributed by atoms with van der Waals surface area (Å²) in [6, 6.07) is 17.2. The van der Waals surface area contributed by atoms with E-state index in [1.54, 1.807) is 0 Å². The van der Waals surface area contributed by atoms with Gasteiger partial charge in [0.05, 0.1) is 0 Å². The summed E-state index contributed by atoms with van der Waals surface area (Å²) in [5.41, 5.74) is 2.61. The molecule has 1 aliphatic rings. The highest BCUT2D eigenvalue weighted by atomic mass is 16.2. The molecule has 0 saturated carbocycles. The molecule has 142 valence electrons. The first-order valence-electron chi connectivity index (χ1n) is 9.66. The molecule has 1 saturated heterocycles. The number of hydrogen-bond acceptors (Lipinski definition) is 2. The Labute approximate surface area is 160 Å². The third-order valence-corrected chi connectivity index (χ3v) is 4.89. The van der Waals surface area contributed by atoms with Crippen molar-refractivity contribution in [3.8, 4) is 0 Å². The van der Waals surface area contributed by atoms with Gasteiger partial charge >= 0.3 is 6.03 Å². The Morgan fingerprint density at radius 3 is 2.70 bits per heavy atom. The van der Waals surface area contributed by atoms with E-state index >= 15 is 0 Å². The van der Waals surface area contributed by atoms with Gasteiger partial charge in [0.25, 0.3) is 5.91 Å². The Morgan fingerprint density at radius 1 is 1.11 bits per heavy atom. The van der Waals surface area contributed by atoms with Crippen LogP contribution in [-0.4, -0.2) is 36.5 Å². The average Bonchev–Trinajstić information content (AvgIpc) is 2.73. The van der Waals surface area contributed by atoms with Crippen LogP contribution in [-0.2, 0) is 0 Å². The van der Waals surface area contributed by atoms with Crippen LogP contribution in [0.5, 0.6) is 0 Å². The first-order chi connectivity index (χ1) is 13.2. The average molecular weight is 365 g/mol. The predicted octanol–water partition coefficient (Wildman–Crippen LogP) is 4.24. The second-order valence-corrected chi connectivity index (χ2v) is 6.96. The molecular weight excluding hydrogens is 338 g/mol. The van der Waals surface area contributed by atoms with E-state index in [1.165, 1.54) is 0 Å². The normalized spacial score (nSPS) is 16.6. The molecule has 5 heteroatoms. The summed E-state index contributed by atoms with van der Waals surface area (Å²) in [6.45, 7) is 4.14. The molecule has 0 aliphatic carbocycles. The molecule has 0 unspecified atom stereocenters. The first kappa shape index (κ1) is 19.0. The smallest absolute Gasteiger partial charge is 0.321 e. The standard InChI is InChI=1S/C22H27N3O2/c1-2-13-23-21(26)18-9-6-8-17(15-18)19-10-7-14-25(16-19)22(27)24-20-11-4-3-5-12-20/h3-6,8-9,11-12,15,19H,2,7,10,13-14,16H2,1H3,(H,23,26)(H,24,27)/t19-/m0/s1. The van der Waals surface area contributed by atoms with E-state index in [0.29, 0.717) is 18.7 Å². The number of amides is 3. The number of rotatable bonds is 5. The van der Waals surface area contributed by atoms with Gasteiger partial charge in [-0.05, 0) is 49.1 Å². The molecular formula is C22H27N3O2. The molecule has 0 spiro atoms. The summed E-state index contributed by atoms with van der Waals surface area (Å²) < 4.78 is 0. The Hall–Kier alpha value is -2.82. The number of benzene rings is 2. The van der Waals surface area contributed by atoms with E-state index in [-0.39, 0.29) is 17.9 Å². The number of piperidine rings is 1. The molecule has 5 nitrogen and oxygen atoms in total. The molecule has 27 heavy (non-hydrogen) atoms. The van der Waals surface area contributed by atoms with E-state index < -0.39 is 0 Å². The van der Waals surface area contributed by atoms with Crippen LogP contribution in [0.25, 0.3) is 0 Å². The Morgan fingerprint density at radius 2 is 1.93 bits per heavy atom. The summed E-state index contributed by atoms with van der Waals surface area (Å²) in [5.74, 6) is 0.215. The van der Waals surface area contributed by atoms with Crippen molar-refractivity contribution in [2.24, 2.45) is 0 Å². The quantitative estimate of drug-likeness (QED) is 0.833. The molecule has 0 aromatic heterocycles. The van der Waals surface area contributed by atoms with Gasteiger partial charge in [0.15, 0.2) is 0 Å². The topological polar surface area (TPSA) is 61.4 Å². The van der Waals surface area contributed by atoms with Crippen molar-refractivity contribution in [2.75, 3.05) is 25.0 Å². The second-order valence-electron chi connectivity index (χ2n) is 6.96. The fourth-order valence-corrected chi connectivity index (χ4v) is 3.43. The molecule has 0 bridgehead atoms. The third-order valence-electron chi connectivity index (χ3n) is 4.89. The van der Waals surface area contributed by atoms with Crippen molar-refractivity contribution >= 4 is 17.6 Å². The van der Waals surface area contributed by atoms with Crippen LogP contribution < -0.4 is 10.6 Å². The zero-order chi connectivity index (χ0) is 19.1. The zero-order valence-electron chi connectivity index (χ0n) is 15.8. The van der Waals surface area contributed by atoms with Crippen LogP contribution in [0.15, 0.2) is 54.6 Å². The summed E-state index contributed by atoms with van der Waals surface area (Å²) >= 11 is 0. The molecule has 1 fully saturated rings. The van der Waals surface area contributed by atoms with E-state index in [9.17, 15) is 9.59 Å². The lowest BCUT2D eigenvalue weighted by molar-refractivity contribution is 0.0953. The zero-order valence-corrected chi connectivity index (χ0v) is 15.8. The van der Waals surface area contributed by atoms with Crippen molar-refractivity contribution in [3.05, 3.63) is 65.7 Å². The molecule has 3 rings (SSSR count). The summed E-state index contributed by atoms with van der Waals surface area (Å²) in [5, 5.41) is 5.88. The van der Waals surface area contributed by atoms with Crippen LogP contribution in [0.2, 0.25) is 0 Å². The predicted molar refractivity (Wildman–Crippen MR) is 108 cm³/mol. The summed E-state index contributed by atoms with van der Waals surface area (Å²) in [6.07, 6.45) is 2.90. The SMILES string of the molecule is CCCNC(=O)c1cccc([C@H]2CCCN(C(=O)Nc3ccccc3)C2)c1. The van der Waals surface area contributed by atoms with Crippen LogP contribution >= 0.6 is 0 Å². The minimum atomic E-state index is -0.0669. The van der Waals surface area contributed by atoms with Crippen molar-refractivity contribution in [1.82, 2.24) is 10.2 Å². The molecule has 1 atom stereocenters. The number of likely N-dealkylation sites (tertiary alicyclic amines) is 1. The Kier molecular flexibility index (Phi) is 6.47. The van der Waals surface area contributed by atoms with Gasteiger partial charge in [0.2, 0.25) is 0 Å². The summed E-state index contributed by atoms with van der Waals surface area (Å²) in [7, 11) is 0. The maximum Gasteiger partial charge on any atom is 0.321 e. The lowest BCUT2D eigenvalue weighted by atomic mass is 9.89. The van der Waals surface area contributed by atoms with Crippen molar-refractivity contribution in [2.45, 2.75) is 32.1 Å². The minimum absolute atomic E-state index is 0.0341. The number of nitrogens with zero attached hydrogens (tertiary/aromatic N) is 1. The van der Waals surface area contributed by atoms with Crippen LogP contribution in [0, 0.1) is 0 Å². The van der Waals surface area contributed by atoms with Crippen molar-refractivity contribution in [3.63, 3.8) is 0 Å². The maximum atomic E-state index is 12.6. The fourth-order valence-electron chi connectivity index (χ4n) is 3.43. The first-order valence-corrected chi connectivity index (χ1v) is 9.66. The highest BCUT2D eigenvalue weighted by molar-refractivity contribution is 5.94. The lowest BCUT2D eigenvalue weighted by Gasteiger charge is -2.33. The number of carbonyl (C=O) groups excluding carboxylic acids is 2. The molecule has 0 radical (unpaired) electrons. The van der Waals surface area contributed by atoms with E-state index in [4.69, 9.17) is 0 Å². The van der Waals surface area contributed by atoms with Crippen LogP contribution in [0.4, 0.5) is 10.5 Å². The molecule has 3 amide bonds. The lowest BCUT2D eigenvalue weighted by Crippen LogP contribution is -2.41. The minimum Gasteiger partial charge on any atom is -0.352 e. The summed E-state index contributed by atoms with van der Waals surface area (Å²) in [4.78, 5) is 26.7. The number of para-hydroxylation sites is 1. The van der Waals surface area contributed by atoms with Gasteiger partial charge in [-0.2, -0.15) is 0 Å². The van der Waals surface area contributed by atoms with Gasteiger partial charge in [-0.25, -0.2) is 4.79 Å². The van der Waals surface area contributed by atoms with Crippen LogP contribution in [0.1, 0.15) is 48.0 Å².